The van der Waals surface area contributed by atoms with Crippen molar-refractivity contribution in [1.29, 1.82) is 0 Å². The first kappa shape index (κ1) is 8.70. The van der Waals surface area contributed by atoms with Gasteiger partial charge in [-0.2, -0.15) is 0 Å². The third kappa shape index (κ3) is 1.73. The van der Waals surface area contributed by atoms with Gasteiger partial charge in [0, 0.05) is 12.0 Å². The van der Waals surface area contributed by atoms with Crippen LogP contribution in [0.5, 0.6) is 0 Å². The molecule has 0 aliphatic carbocycles. The second kappa shape index (κ2) is 3.46. The molecule has 0 radical (unpaired) electrons. The highest BCUT2D eigenvalue weighted by atomic mass is 19.1. The third-order valence-electron chi connectivity index (χ3n) is 2.82. The second-order valence-corrected chi connectivity index (χ2v) is 3.69. The summed E-state index contributed by atoms with van der Waals surface area (Å²) in [6, 6.07) is 7.39. The quantitative estimate of drug-likeness (QED) is 0.697. The van der Waals surface area contributed by atoms with Crippen molar-refractivity contribution in [2.45, 2.75) is 25.3 Å². The number of nitrogens with one attached hydrogen (secondary N) is 1. The van der Waals surface area contributed by atoms with Crippen molar-refractivity contribution in [3.8, 4) is 0 Å². The predicted molar refractivity (Wildman–Crippen MR) is 51.2 cm³/mol. The molecule has 70 valence electrons. The van der Waals surface area contributed by atoms with Crippen LogP contribution >= 0.6 is 0 Å². The van der Waals surface area contributed by atoms with Crippen molar-refractivity contribution in [1.82, 2.24) is 5.32 Å². The molecule has 1 aromatic carbocycles. The third-order valence-corrected chi connectivity index (χ3v) is 2.82. The van der Waals surface area contributed by atoms with Gasteiger partial charge in [-0.3, -0.25) is 0 Å². The lowest BCUT2D eigenvalue weighted by atomic mass is 9.93. The van der Waals surface area contributed by atoms with E-state index >= 15 is 0 Å². The summed E-state index contributed by atoms with van der Waals surface area (Å²) < 4.78 is 12.7. The van der Waals surface area contributed by atoms with Crippen molar-refractivity contribution < 1.29 is 4.39 Å². The minimum absolute atomic E-state index is 0.151. The van der Waals surface area contributed by atoms with Crippen molar-refractivity contribution in [3.05, 3.63) is 35.6 Å². The van der Waals surface area contributed by atoms with E-state index in [0.717, 1.165) is 13.0 Å². The average molecular weight is 179 g/mol. The maximum absolute atomic E-state index is 12.7. The van der Waals surface area contributed by atoms with E-state index in [1.165, 1.54) is 5.56 Å². The molecule has 0 aromatic heterocycles. The largest absolute Gasteiger partial charge is 0.314 e. The molecule has 1 heterocycles. The Morgan fingerprint density at radius 3 is 2.54 bits per heavy atom. The molecule has 1 aliphatic heterocycles. The summed E-state index contributed by atoms with van der Waals surface area (Å²) in [6.45, 7) is 3.25. The zero-order chi connectivity index (χ0) is 9.26. The molecular formula is C11H14FN. The summed E-state index contributed by atoms with van der Waals surface area (Å²) >= 11 is 0. The van der Waals surface area contributed by atoms with Gasteiger partial charge in [-0.25, -0.2) is 4.39 Å². The Morgan fingerprint density at radius 2 is 2.00 bits per heavy atom. The van der Waals surface area contributed by atoms with E-state index < -0.39 is 0 Å². The normalized spacial score (nSPS) is 27.8. The molecule has 2 heteroatoms. The maximum Gasteiger partial charge on any atom is 0.123 e. The Hall–Kier alpha value is -0.890. The lowest BCUT2D eigenvalue weighted by molar-refractivity contribution is 0.589. The fraction of sp³-hybridized carbons (Fsp3) is 0.455. The highest BCUT2D eigenvalue weighted by Gasteiger charge is 2.23. The van der Waals surface area contributed by atoms with Crippen molar-refractivity contribution in [3.63, 3.8) is 0 Å². The monoisotopic (exact) mass is 179 g/mol. The van der Waals surface area contributed by atoms with E-state index in [1.54, 1.807) is 12.1 Å². The van der Waals surface area contributed by atoms with Crippen LogP contribution in [0.3, 0.4) is 0 Å². The Kier molecular flexibility index (Phi) is 2.32. The first-order chi connectivity index (χ1) is 6.27. The Bertz CT molecular complexity index is 281. The average Bonchev–Trinajstić information content (AvgIpc) is 2.53. The van der Waals surface area contributed by atoms with E-state index in [0.29, 0.717) is 12.0 Å². The number of halogens is 1. The minimum Gasteiger partial charge on any atom is -0.314 e. The highest BCUT2D eigenvalue weighted by Crippen LogP contribution is 2.27. The number of hydrogen-bond donors (Lipinski definition) is 1. The fourth-order valence-corrected chi connectivity index (χ4v) is 2.02. The van der Waals surface area contributed by atoms with Gasteiger partial charge in [-0.1, -0.05) is 12.1 Å². The molecule has 0 saturated carbocycles. The fourth-order valence-electron chi connectivity index (χ4n) is 2.02. The topological polar surface area (TPSA) is 12.0 Å². The molecule has 2 unspecified atom stereocenters. The lowest BCUT2D eigenvalue weighted by Gasteiger charge is -2.14. The second-order valence-electron chi connectivity index (χ2n) is 3.69. The first-order valence-corrected chi connectivity index (χ1v) is 4.76. The molecule has 1 N–H and O–H groups in total. The summed E-state index contributed by atoms with van der Waals surface area (Å²) in [5.41, 5.74) is 1.25. The Balaban J connectivity index is 2.20. The minimum atomic E-state index is -0.151. The van der Waals surface area contributed by atoms with E-state index in [-0.39, 0.29) is 5.82 Å². The van der Waals surface area contributed by atoms with E-state index in [1.807, 2.05) is 12.1 Å². The Morgan fingerprint density at radius 1 is 1.31 bits per heavy atom. The van der Waals surface area contributed by atoms with E-state index in [4.69, 9.17) is 0 Å². The van der Waals surface area contributed by atoms with Crippen LogP contribution in [0.25, 0.3) is 0 Å². The summed E-state index contributed by atoms with van der Waals surface area (Å²) in [4.78, 5) is 0. The molecule has 2 atom stereocenters. The molecule has 0 spiro atoms. The summed E-state index contributed by atoms with van der Waals surface area (Å²) in [6.07, 6.45) is 1.16. The van der Waals surface area contributed by atoms with Gasteiger partial charge in [0.2, 0.25) is 0 Å². The van der Waals surface area contributed by atoms with Gasteiger partial charge in [-0.15, -0.1) is 0 Å². The number of rotatable bonds is 1. The van der Waals surface area contributed by atoms with Gasteiger partial charge in [0.05, 0.1) is 0 Å². The SMILES string of the molecule is CC1NCCC1c1ccc(F)cc1. The standard InChI is InChI=1S/C11H14FN/c1-8-11(6-7-13-8)9-2-4-10(12)5-3-9/h2-5,8,11,13H,6-7H2,1H3. The highest BCUT2D eigenvalue weighted by molar-refractivity contribution is 5.23. The molecule has 2 rings (SSSR count). The van der Waals surface area contributed by atoms with Crippen LogP contribution in [0.1, 0.15) is 24.8 Å². The van der Waals surface area contributed by atoms with E-state index in [9.17, 15) is 4.39 Å². The van der Waals surface area contributed by atoms with Gasteiger partial charge in [0.15, 0.2) is 0 Å². The van der Waals surface area contributed by atoms with Crippen LogP contribution in [0.15, 0.2) is 24.3 Å². The molecule has 1 saturated heterocycles. The van der Waals surface area contributed by atoms with E-state index in [2.05, 4.69) is 12.2 Å². The maximum atomic E-state index is 12.7. The van der Waals surface area contributed by atoms with Crippen LogP contribution < -0.4 is 5.32 Å². The molecule has 1 aliphatic rings. The van der Waals surface area contributed by atoms with Crippen LogP contribution in [0.2, 0.25) is 0 Å². The van der Waals surface area contributed by atoms with Crippen LogP contribution in [-0.2, 0) is 0 Å². The number of hydrogen-bond acceptors (Lipinski definition) is 1. The zero-order valence-electron chi connectivity index (χ0n) is 7.76. The van der Waals surface area contributed by atoms with Crippen LogP contribution in [0, 0.1) is 5.82 Å². The van der Waals surface area contributed by atoms with Gasteiger partial charge in [-0.05, 0) is 37.6 Å². The Labute approximate surface area is 78.0 Å². The molecule has 13 heavy (non-hydrogen) atoms. The van der Waals surface area contributed by atoms with Gasteiger partial charge in [0.1, 0.15) is 5.82 Å². The van der Waals surface area contributed by atoms with Crippen LogP contribution in [0.4, 0.5) is 4.39 Å². The zero-order valence-corrected chi connectivity index (χ0v) is 7.76. The molecule has 1 aromatic rings. The van der Waals surface area contributed by atoms with Gasteiger partial charge >= 0.3 is 0 Å². The van der Waals surface area contributed by atoms with Gasteiger partial charge < -0.3 is 5.32 Å². The van der Waals surface area contributed by atoms with Crippen LogP contribution in [-0.4, -0.2) is 12.6 Å². The smallest absolute Gasteiger partial charge is 0.123 e. The molecular weight excluding hydrogens is 165 g/mol. The summed E-state index contributed by atoms with van der Waals surface area (Å²) in [5, 5.41) is 3.39. The first-order valence-electron chi connectivity index (χ1n) is 4.76. The lowest BCUT2D eigenvalue weighted by Crippen LogP contribution is -2.21. The van der Waals surface area contributed by atoms with Crippen molar-refractivity contribution >= 4 is 0 Å². The van der Waals surface area contributed by atoms with Crippen molar-refractivity contribution in [2.75, 3.05) is 6.54 Å². The van der Waals surface area contributed by atoms with Gasteiger partial charge in [0.25, 0.3) is 0 Å². The molecule has 0 bridgehead atoms. The molecule has 0 amide bonds. The molecule has 1 nitrogen and oxygen atoms in total. The number of benzene rings is 1. The molecule has 1 fully saturated rings. The van der Waals surface area contributed by atoms with Crippen molar-refractivity contribution in [2.24, 2.45) is 0 Å². The summed E-state index contributed by atoms with van der Waals surface area (Å²) in [5.74, 6) is 0.406. The predicted octanol–water partition coefficient (Wildman–Crippen LogP) is 2.29. The summed E-state index contributed by atoms with van der Waals surface area (Å²) in [7, 11) is 0.